The number of carbonyl (C=O) groups excluding carboxylic acids is 2. The monoisotopic (exact) mass is 364 g/mol. The minimum atomic E-state index is -0.594. The molecule has 1 atom stereocenters. The molecule has 0 radical (unpaired) electrons. The van der Waals surface area contributed by atoms with Crippen LogP contribution in [0.1, 0.15) is 6.92 Å². The molecule has 1 saturated heterocycles. The van der Waals surface area contributed by atoms with Crippen LogP contribution in [0.3, 0.4) is 0 Å². The second kappa shape index (κ2) is 7.51. The predicted molar refractivity (Wildman–Crippen MR) is 89.9 cm³/mol. The Kier molecular flexibility index (Phi) is 5.15. The SMILES string of the molecule is CC(=O)NC[C@H]1CN(c2ccc(-c3cnn(CCF)c3)c(F)c2)C(=O)O1. The maximum absolute atomic E-state index is 14.5. The van der Waals surface area contributed by atoms with Gasteiger partial charge in [-0.25, -0.2) is 13.6 Å². The summed E-state index contributed by atoms with van der Waals surface area (Å²) in [4.78, 5) is 24.3. The number of amides is 2. The third-order valence-electron chi connectivity index (χ3n) is 3.97. The third kappa shape index (κ3) is 3.81. The first-order chi connectivity index (χ1) is 12.5. The lowest BCUT2D eigenvalue weighted by Crippen LogP contribution is -2.33. The Hall–Kier alpha value is -2.97. The smallest absolute Gasteiger partial charge is 0.414 e. The van der Waals surface area contributed by atoms with Crippen LogP contribution in [0.4, 0.5) is 19.3 Å². The van der Waals surface area contributed by atoms with Gasteiger partial charge < -0.3 is 10.1 Å². The van der Waals surface area contributed by atoms with Crippen molar-refractivity contribution >= 4 is 17.7 Å². The van der Waals surface area contributed by atoms with Gasteiger partial charge in [-0.1, -0.05) is 0 Å². The number of alkyl halides is 1. The quantitative estimate of drug-likeness (QED) is 0.852. The molecule has 1 aromatic heterocycles. The van der Waals surface area contributed by atoms with Gasteiger partial charge in [-0.15, -0.1) is 0 Å². The summed E-state index contributed by atoms with van der Waals surface area (Å²) >= 11 is 0. The fourth-order valence-corrected chi connectivity index (χ4v) is 2.71. The van der Waals surface area contributed by atoms with Crippen LogP contribution >= 0.6 is 0 Å². The third-order valence-corrected chi connectivity index (χ3v) is 3.97. The Morgan fingerprint density at radius 1 is 1.46 bits per heavy atom. The molecule has 1 aliphatic rings. The lowest BCUT2D eigenvalue weighted by molar-refractivity contribution is -0.119. The average molecular weight is 364 g/mol. The molecule has 0 spiro atoms. The van der Waals surface area contributed by atoms with Crippen LogP contribution in [0.5, 0.6) is 0 Å². The summed E-state index contributed by atoms with van der Waals surface area (Å²) in [6.07, 6.45) is 1.93. The van der Waals surface area contributed by atoms with Gasteiger partial charge in [-0.3, -0.25) is 14.4 Å². The van der Waals surface area contributed by atoms with Gasteiger partial charge >= 0.3 is 6.09 Å². The highest BCUT2D eigenvalue weighted by Gasteiger charge is 2.32. The molecular weight excluding hydrogens is 346 g/mol. The predicted octanol–water partition coefficient (Wildman–Crippen LogP) is 2.12. The fourth-order valence-electron chi connectivity index (χ4n) is 2.71. The summed E-state index contributed by atoms with van der Waals surface area (Å²) in [5, 5.41) is 6.55. The summed E-state index contributed by atoms with van der Waals surface area (Å²) < 4.78 is 33.4. The van der Waals surface area contributed by atoms with E-state index in [1.165, 1.54) is 34.8 Å². The zero-order valence-corrected chi connectivity index (χ0v) is 14.1. The molecule has 1 fully saturated rings. The van der Waals surface area contributed by atoms with Gasteiger partial charge in [-0.2, -0.15) is 5.10 Å². The summed E-state index contributed by atoms with van der Waals surface area (Å²) in [5.41, 5.74) is 1.19. The zero-order valence-electron chi connectivity index (χ0n) is 14.1. The normalized spacial score (nSPS) is 16.7. The van der Waals surface area contributed by atoms with Crippen LogP contribution in [0, 0.1) is 5.82 Å². The maximum atomic E-state index is 14.5. The molecule has 1 aliphatic heterocycles. The topological polar surface area (TPSA) is 76.5 Å². The molecule has 2 aromatic rings. The van der Waals surface area contributed by atoms with E-state index < -0.39 is 24.7 Å². The molecule has 2 heterocycles. The number of cyclic esters (lactones) is 1. The van der Waals surface area contributed by atoms with Gasteiger partial charge in [0.2, 0.25) is 5.91 Å². The Balaban J connectivity index is 1.74. The largest absolute Gasteiger partial charge is 0.442 e. The van der Waals surface area contributed by atoms with E-state index in [9.17, 15) is 18.4 Å². The van der Waals surface area contributed by atoms with E-state index in [4.69, 9.17) is 4.74 Å². The minimum Gasteiger partial charge on any atom is -0.442 e. The number of rotatable bonds is 6. The maximum Gasteiger partial charge on any atom is 0.414 e. The first kappa shape index (κ1) is 17.8. The van der Waals surface area contributed by atoms with E-state index >= 15 is 0 Å². The average Bonchev–Trinajstić information content (AvgIpc) is 3.20. The van der Waals surface area contributed by atoms with Crippen molar-refractivity contribution in [3.63, 3.8) is 0 Å². The lowest BCUT2D eigenvalue weighted by Gasteiger charge is -2.14. The summed E-state index contributed by atoms with van der Waals surface area (Å²) in [6, 6.07) is 4.38. The Morgan fingerprint density at radius 3 is 2.96 bits per heavy atom. The molecule has 0 bridgehead atoms. The van der Waals surface area contributed by atoms with E-state index in [-0.39, 0.29) is 25.5 Å². The minimum absolute atomic E-state index is 0.106. The van der Waals surface area contributed by atoms with Crippen molar-refractivity contribution in [2.24, 2.45) is 0 Å². The lowest BCUT2D eigenvalue weighted by atomic mass is 10.1. The van der Waals surface area contributed by atoms with Crippen molar-refractivity contribution in [2.45, 2.75) is 19.6 Å². The summed E-state index contributed by atoms with van der Waals surface area (Å²) in [6.45, 7) is 1.34. The van der Waals surface area contributed by atoms with E-state index in [0.717, 1.165) is 0 Å². The number of anilines is 1. The van der Waals surface area contributed by atoms with Gasteiger partial charge in [0.1, 0.15) is 18.6 Å². The van der Waals surface area contributed by atoms with Crippen LogP contribution in [0.15, 0.2) is 30.6 Å². The van der Waals surface area contributed by atoms with Crippen molar-refractivity contribution in [1.82, 2.24) is 15.1 Å². The molecule has 9 heteroatoms. The van der Waals surface area contributed by atoms with Crippen LogP contribution in [0.25, 0.3) is 11.1 Å². The van der Waals surface area contributed by atoms with Crippen molar-refractivity contribution < 1.29 is 23.1 Å². The second-order valence-corrected chi connectivity index (χ2v) is 5.90. The first-order valence-electron chi connectivity index (χ1n) is 8.09. The number of nitrogens with one attached hydrogen (secondary N) is 1. The molecule has 0 unspecified atom stereocenters. The number of halogens is 2. The van der Waals surface area contributed by atoms with Gasteiger partial charge in [0, 0.05) is 24.2 Å². The Morgan fingerprint density at radius 2 is 2.27 bits per heavy atom. The van der Waals surface area contributed by atoms with Gasteiger partial charge in [0.05, 0.1) is 31.5 Å². The molecule has 2 amide bonds. The van der Waals surface area contributed by atoms with E-state index in [1.54, 1.807) is 12.3 Å². The molecular formula is C17H18F2N4O3. The number of hydrogen-bond donors (Lipinski definition) is 1. The second-order valence-electron chi connectivity index (χ2n) is 5.90. The highest BCUT2D eigenvalue weighted by molar-refractivity contribution is 5.90. The van der Waals surface area contributed by atoms with Gasteiger partial charge in [0.25, 0.3) is 0 Å². The molecule has 0 saturated carbocycles. The number of aromatic nitrogens is 2. The van der Waals surface area contributed by atoms with E-state index in [2.05, 4.69) is 10.4 Å². The number of aryl methyl sites for hydroxylation is 1. The van der Waals surface area contributed by atoms with E-state index in [0.29, 0.717) is 16.8 Å². The summed E-state index contributed by atoms with van der Waals surface area (Å²) in [7, 11) is 0. The van der Waals surface area contributed by atoms with Crippen molar-refractivity contribution in [1.29, 1.82) is 0 Å². The Labute approximate surface area is 148 Å². The van der Waals surface area contributed by atoms with Crippen LogP contribution in [-0.2, 0) is 16.1 Å². The molecule has 26 heavy (non-hydrogen) atoms. The van der Waals surface area contributed by atoms with Crippen molar-refractivity contribution in [3.05, 3.63) is 36.4 Å². The molecule has 1 aromatic carbocycles. The first-order valence-corrected chi connectivity index (χ1v) is 8.09. The molecule has 3 rings (SSSR count). The molecule has 138 valence electrons. The highest BCUT2D eigenvalue weighted by Crippen LogP contribution is 2.28. The van der Waals surface area contributed by atoms with Crippen molar-refractivity contribution in [2.75, 3.05) is 24.7 Å². The number of ether oxygens (including phenoxy) is 1. The van der Waals surface area contributed by atoms with Crippen LogP contribution < -0.4 is 10.2 Å². The number of carbonyl (C=O) groups is 2. The number of hydrogen-bond acceptors (Lipinski definition) is 4. The van der Waals surface area contributed by atoms with Crippen LogP contribution in [-0.4, -0.2) is 47.6 Å². The number of benzene rings is 1. The van der Waals surface area contributed by atoms with Gasteiger partial charge in [0.15, 0.2) is 0 Å². The highest BCUT2D eigenvalue weighted by atomic mass is 19.1. The number of nitrogens with zero attached hydrogens (tertiary/aromatic N) is 3. The molecule has 1 N–H and O–H groups in total. The summed E-state index contributed by atoms with van der Waals surface area (Å²) in [5.74, 6) is -0.747. The Bertz CT molecular complexity index is 824. The standard InChI is InChI=1S/C17H18F2N4O3/c1-11(24)20-8-14-10-23(17(25)26-14)13-2-3-15(16(19)6-13)12-7-21-22(9-12)5-4-18/h2-3,6-7,9,14H,4-5,8,10H2,1H3,(H,20,24)/t14-/m0/s1. The zero-order chi connectivity index (χ0) is 18.7. The van der Waals surface area contributed by atoms with E-state index in [1.807, 2.05) is 0 Å². The van der Waals surface area contributed by atoms with Crippen molar-refractivity contribution in [3.8, 4) is 11.1 Å². The molecule has 0 aliphatic carbocycles. The van der Waals surface area contributed by atoms with Crippen LogP contribution in [0.2, 0.25) is 0 Å². The van der Waals surface area contributed by atoms with Gasteiger partial charge in [-0.05, 0) is 18.2 Å². The molecule has 7 nitrogen and oxygen atoms in total. The fraction of sp³-hybridized carbons (Fsp3) is 0.353.